The van der Waals surface area contributed by atoms with Crippen molar-refractivity contribution in [1.82, 2.24) is 0 Å². The number of rotatable bonds is 4. The highest BCUT2D eigenvalue weighted by atomic mass is 19.3. The van der Waals surface area contributed by atoms with Crippen LogP contribution in [0.4, 0.5) is 20.2 Å². The number of benzene rings is 1. The molecular formula is C9H8F2N2O4. The van der Waals surface area contributed by atoms with Gasteiger partial charge in [-0.3, -0.25) is 14.9 Å². The topological polar surface area (TPSA) is 81.5 Å². The van der Waals surface area contributed by atoms with E-state index in [1.807, 2.05) is 5.32 Å². The summed E-state index contributed by atoms with van der Waals surface area (Å²) in [6.45, 7) is 0. The summed E-state index contributed by atoms with van der Waals surface area (Å²) in [6, 6.07) is 3.22. The lowest BCUT2D eigenvalue weighted by Gasteiger charge is -2.09. The number of carbonyl (C=O) groups excluding carboxylic acids is 1. The highest BCUT2D eigenvalue weighted by molar-refractivity contribution is 5.94. The van der Waals surface area contributed by atoms with E-state index in [1.165, 1.54) is 7.11 Å². The summed E-state index contributed by atoms with van der Waals surface area (Å²) in [4.78, 5) is 20.5. The molecule has 0 atom stereocenters. The number of nitro benzene ring substituents is 1. The summed E-state index contributed by atoms with van der Waals surface area (Å²) in [6.07, 6.45) is -3.17. The second-order valence-corrected chi connectivity index (χ2v) is 2.93. The Labute approximate surface area is 94.3 Å². The molecular weight excluding hydrogens is 238 g/mol. The number of nitrogens with one attached hydrogen (secondary N) is 1. The van der Waals surface area contributed by atoms with Gasteiger partial charge in [0.05, 0.1) is 23.8 Å². The second-order valence-electron chi connectivity index (χ2n) is 2.93. The van der Waals surface area contributed by atoms with Gasteiger partial charge < -0.3 is 10.1 Å². The molecule has 0 bridgehead atoms. The summed E-state index contributed by atoms with van der Waals surface area (Å²) in [5.74, 6) is -1.56. The van der Waals surface area contributed by atoms with Crippen molar-refractivity contribution >= 4 is 17.3 Å². The highest BCUT2D eigenvalue weighted by Crippen LogP contribution is 2.29. The molecule has 0 aliphatic heterocycles. The number of amides is 1. The van der Waals surface area contributed by atoms with Crippen LogP contribution in [0.1, 0.15) is 0 Å². The standard InChI is InChI=1S/C9H8F2N2O4/c1-17-7-4-5(13(15)16)2-3-6(7)12-9(14)8(10)11/h2-4,8H,1H3,(H,12,14). The lowest BCUT2D eigenvalue weighted by Crippen LogP contribution is -2.20. The molecule has 1 rings (SSSR count). The van der Waals surface area contributed by atoms with Gasteiger partial charge in [0.15, 0.2) is 0 Å². The van der Waals surface area contributed by atoms with Gasteiger partial charge in [-0.15, -0.1) is 0 Å². The van der Waals surface area contributed by atoms with Crippen molar-refractivity contribution in [3.8, 4) is 5.75 Å². The normalized spacial score (nSPS) is 10.1. The zero-order chi connectivity index (χ0) is 13.0. The van der Waals surface area contributed by atoms with Crippen LogP contribution in [0.5, 0.6) is 5.75 Å². The van der Waals surface area contributed by atoms with E-state index in [2.05, 4.69) is 0 Å². The maximum Gasteiger partial charge on any atom is 0.315 e. The first-order chi connectivity index (χ1) is 7.95. The Hall–Kier alpha value is -2.25. The van der Waals surface area contributed by atoms with Crippen molar-refractivity contribution in [2.75, 3.05) is 12.4 Å². The number of carbonyl (C=O) groups is 1. The number of anilines is 1. The Morgan fingerprint density at radius 1 is 1.53 bits per heavy atom. The summed E-state index contributed by atoms with van der Waals surface area (Å²) in [7, 11) is 1.21. The first kappa shape index (κ1) is 12.8. The number of hydrogen-bond acceptors (Lipinski definition) is 4. The third kappa shape index (κ3) is 3.10. The molecule has 0 fully saturated rings. The first-order valence-electron chi connectivity index (χ1n) is 4.37. The summed E-state index contributed by atoms with van der Waals surface area (Å²) >= 11 is 0. The van der Waals surface area contributed by atoms with Gasteiger partial charge in [-0.05, 0) is 6.07 Å². The SMILES string of the molecule is COc1cc([N+](=O)[O-])ccc1NC(=O)C(F)F. The number of non-ortho nitro benzene ring substituents is 1. The summed E-state index contributed by atoms with van der Waals surface area (Å²) in [5.41, 5.74) is -0.319. The molecule has 1 N–H and O–H groups in total. The van der Waals surface area contributed by atoms with E-state index < -0.39 is 17.3 Å². The van der Waals surface area contributed by atoms with Crippen molar-refractivity contribution in [2.24, 2.45) is 0 Å². The zero-order valence-electron chi connectivity index (χ0n) is 8.65. The van der Waals surface area contributed by atoms with E-state index in [1.54, 1.807) is 0 Å². The van der Waals surface area contributed by atoms with Crippen LogP contribution >= 0.6 is 0 Å². The lowest BCUT2D eigenvalue weighted by molar-refractivity contribution is -0.384. The molecule has 1 aromatic rings. The molecule has 92 valence electrons. The number of alkyl halides is 2. The third-order valence-corrected chi connectivity index (χ3v) is 1.85. The predicted octanol–water partition coefficient (Wildman–Crippen LogP) is 1.81. The van der Waals surface area contributed by atoms with E-state index in [0.29, 0.717) is 0 Å². The fourth-order valence-electron chi connectivity index (χ4n) is 1.08. The Bertz CT molecular complexity index is 451. The number of ether oxygens (including phenoxy) is 1. The maximum absolute atomic E-state index is 12.0. The third-order valence-electron chi connectivity index (χ3n) is 1.85. The monoisotopic (exact) mass is 246 g/mol. The number of methoxy groups -OCH3 is 1. The van der Waals surface area contributed by atoms with Crippen molar-refractivity contribution in [3.05, 3.63) is 28.3 Å². The van der Waals surface area contributed by atoms with Gasteiger partial charge in [-0.25, -0.2) is 0 Å². The van der Waals surface area contributed by atoms with Gasteiger partial charge in [-0.2, -0.15) is 8.78 Å². The molecule has 1 amide bonds. The first-order valence-corrected chi connectivity index (χ1v) is 4.37. The van der Waals surface area contributed by atoms with Crippen LogP contribution in [-0.2, 0) is 4.79 Å². The Morgan fingerprint density at radius 3 is 2.65 bits per heavy atom. The molecule has 6 nitrogen and oxygen atoms in total. The number of nitro groups is 1. The van der Waals surface area contributed by atoms with E-state index in [9.17, 15) is 23.7 Å². The van der Waals surface area contributed by atoms with Gasteiger partial charge in [-0.1, -0.05) is 0 Å². The number of halogens is 2. The molecule has 0 aromatic heterocycles. The molecule has 17 heavy (non-hydrogen) atoms. The van der Waals surface area contributed by atoms with E-state index in [0.717, 1.165) is 18.2 Å². The van der Waals surface area contributed by atoms with Crippen molar-refractivity contribution in [2.45, 2.75) is 6.43 Å². The molecule has 0 radical (unpaired) electrons. The van der Waals surface area contributed by atoms with Crippen LogP contribution in [0.25, 0.3) is 0 Å². The minimum absolute atomic E-state index is 0.0524. The van der Waals surface area contributed by atoms with Crippen LogP contribution in [0.2, 0.25) is 0 Å². The van der Waals surface area contributed by atoms with Crippen LogP contribution in [0.15, 0.2) is 18.2 Å². The minimum atomic E-state index is -3.17. The van der Waals surface area contributed by atoms with Crippen LogP contribution in [-0.4, -0.2) is 24.4 Å². The van der Waals surface area contributed by atoms with Gasteiger partial charge >= 0.3 is 6.43 Å². The molecule has 0 saturated carbocycles. The number of nitrogens with zero attached hydrogens (tertiary/aromatic N) is 1. The highest BCUT2D eigenvalue weighted by Gasteiger charge is 2.18. The summed E-state index contributed by atoms with van der Waals surface area (Å²) < 4.78 is 28.7. The zero-order valence-corrected chi connectivity index (χ0v) is 8.65. The van der Waals surface area contributed by atoms with Gasteiger partial charge in [0.2, 0.25) is 0 Å². The van der Waals surface area contributed by atoms with Crippen molar-refractivity contribution in [3.63, 3.8) is 0 Å². The molecule has 0 aliphatic rings. The Kier molecular flexibility index (Phi) is 3.91. The van der Waals surface area contributed by atoms with E-state index in [4.69, 9.17) is 4.74 Å². The number of hydrogen-bond donors (Lipinski definition) is 1. The Morgan fingerprint density at radius 2 is 2.18 bits per heavy atom. The van der Waals surface area contributed by atoms with Gasteiger partial charge in [0.1, 0.15) is 5.75 Å². The predicted molar refractivity (Wildman–Crippen MR) is 54.3 cm³/mol. The minimum Gasteiger partial charge on any atom is -0.494 e. The van der Waals surface area contributed by atoms with Crippen molar-refractivity contribution in [1.29, 1.82) is 0 Å². The smallest absolute Gasteiger partial charge is 0.315 e. The van der Waals surface area contributed by atoms with Gasteiger partial charge in [0, 0.05) is 6.07 Å². The molecule has 0 heterocycles. The molecule has 8 heteroatoms. The quantitative estimate of drug-likeness (QED) is 0.648. The van der Waals surface area contributed by atoms with E-state index >= 15 is 0 Å². The maximum atomic E-state index is 12.0. The van der Waals surface area contributed by atoms with Crippen LogP contribution in [0.3, 0.4) is 0 Å². The molecule has 0 saturated heterocycles. The largest absolute Gasteiger partial charge is 0.494 e. The summed E-state index contributed by atoms with van der Waals surface area (Å²) in [5, 5.41) is 12.3. The van der Waals surface area contributed by atoms with Crippen LogP contribution < -0.4 is 10.1 Å². The molecule has 1 aromatic carbocycles. The second kappa shape index (κ2) is 5.19. The fraction of sp³-hybridized carbons (Fsp3) is 0.222. The molecule has 0 aliphatic carbocycles. The van der Waals surface area contributed by atoms with Crippen LogP contribution in [0, 0.1) is 10.1 Å². The fourth-order valence-corrected chi connectivity index (χ4v) is 1.08. The average molecular weight is 246 g/mol. The Balaban J connectivity index is 3.01. The average Bonchev–Trinajstić information content (AvgIpc) is 2.28. The van der Waals surface area contributed by atoms with E-state index in [-0.39, 0.29) is 17.1 Å². The molecule has 0 unspecified atom stereocenters. The molecule has 0 spiro atoms. The lowest BCUT2D eigenvalue weighted by atomic mass is 10.2. The van der Waals surface area contributed by atoms with Gasteiger partial charge in [0.25, 0.3) is 11.6 Å². The van der Waals surface area contributed by atoms with Crippen molar-refractivity contribution < 1.29 is 23.2 Å².